The topological polar surface area (TPSA) is 9.86 Å². The van der Waals surface area contributed by atoms with Crippen LogP contribution in [0.1, 0.15) is 49.9 Å². The van der Waals surface area contributed by atoms with Crippen molar-refractivity contribution in [3.63, 3.8) is 0 Å². The summed E-state index contributed by atoms with van der Waals surface area (Å²) in [5.74, 6) is 0. The van der Waals surface area contributed by atoms with Crippen molar-refractivity contribution in [2.45, 2.75) is 38.5 Å². The molecule has 0 bridgehead atoms. The fourth-order valence-corrected chi connectivity index (χ4v) is 14.3. The third-order valence-electron chi connectivity index (χ3n) is 18.0. The lowest BCUT2D eigenvalue weighted by atomic mass is 9.79. The van der Waals surface area contributed by atoms with E-state index in [-0.39, 0.29) is 10.8 Å². The highest BCUT2D eigenvalue weighted by Gasteiger charge is 2.43. The number of para-hydroxylation sites is 4. The van der Waals surface area contributed by atoms with E-state index in [4.69, 9.17) is 0 Å². The van der Waals surface area contributed by atoms with Crippen LogP contribution in [0.2, 0.25) is 0 Å². The molecular formula is C76H54N2. The predicted octanol–water partition coefficient (Wildman–Crippen LogP) is 20.5. The van der Waals surface area contributed by atoms with Crippen LogP contribution in [0.4, 0.5) is 0 Å². The number of rotatable bonds is 2. The minimum atomic E-state index is -0.313. The van der Waals surface area contributed by atoms with Gasteiger partial charge < -0.3 is 9.13 Å². The Balaban J connectivity index is 0.939. The molecular weight excluding hydrogens is 941 g/mol. The van der Waals surface area contributed by atoms with Gasteiger partial charge in [-0.15, -0.1) is 0 Å². The molecule has 0 atom stereocenters. The molecule has 2 nitrogen and oxygen atoms in total. The second-order valence-corrected chi connectivity index (χ2v) is 22.7. The van der Waals surface area contributed by atoms with Crippen LogP contribution >= 0.6 is 0 Å². The Morgan fingerprint density at radius 2 is 0.538 bits per heavy atom. The van der Waals surface area contributed by atoms with Crippen molar-refractivity contribution < 1.29 is 0 Å². The van der Waals surface area contributed by atoms with E-state index in [1.807, 2.05) is 0 Å². The molecule has 0 spiro atoms. The quantitative estimate of drug-likeness (QED) is 0.163. The molecule has 0 amide bonds. The fourth-order valence-electron chi connectivity index (χ4n) is 14.3. The molecule has 0 radical (unpaired) electrons. The fraction of sp³-hybridized carbons (Fsp3) is 0.0789. The van der Waals surface area contributed by atoms with E-state index in [9.17, 15) is 0 Å². The van der Waals surface area contributed by atoms with E-state index in [2.05, 4.69) is 292 Å². The number of benzene rings is 12. The van der Waals surface area contributed by atoms with Gasteiger partial charge in [0.1, 0.15) is 0 Å². The predicted molar refractivity (Wildman–Crippen MR) is 333 cm³/mol. The highest BCUT2D eigenvalue weighted by molar-refractivity contribution is 6.21. The van der Waals surface area contributed by atoms with Crippen molar-refractivity contribution in [3.05, 3.63) is 277 Å². The number of hydrogen-bond acceptors (Lipinski definition) is 0. The van der Waals surface area contributed by atoms with Crippen LogP contribution in [-0.2, 0) is 10.8 Å². The van der Waals surface area contributed by atoms with Crippen LogP contribution in [0, 0.1) is 0 Å². The number of fused-ring (bicyclic) bond motifs is 22. The van der Waals surface area contributed by atoms with Crippen molar-refractivity contribution >= 4 is 97.5 Å². The lowest BCUT2D eigenvalue weighted by Gasteiger charge is -2.25. The van der Waals surface area contributed by atoms with Crippen LogP contribution in [0.25, 0.3) is 131 Å². The van der Waals surface area contributed by atoms with Gasteiger partial charge in [-0.05, 0) is 148 Å². The summed E-state index contributed by atoms with van der Waals surface area (Å²) in [4.78, 5) is 0. The zero-order valence-electron chi connectivity index (χ0n) is 44.1. The zero-order valence-corrected chi connectivity index (χ0v) is 44.1. The molecule has 0 fully saturated rings. The summed E-state index contributed by atoms with van der Waals surface area (Å²) in [5, 5.41) is 17.2. The molecule has 2 aliphatic rings. The van der Waals surface area contributed by atoms with Crippen molar-refractivity contribution in [1.29, 1.82) is 0 Å². The first-order valence-electron chi connectivity index (χ1n) is 27.5. The van der Waals surface area contributed by atoms with Gasteiger partial charge in [-0.1, -0.05) is 228 Å². The Labute approximate surface area is 453 Å². The molecule has 2 aliphatic carbocycles. The average Bonchev–Trinajstić information content (AvgIpc) is 4.05. The van der Waals surface area contributed by atoms with Gasteiger partial charge in [-0.3, -0.25) is 0 Å². The second kappa shape index (κ2) is 16.5. The van der Waals surface area contributed by atoms with Gasteiger partial charge in [0.2, 0.25) is 0 Å². The summed E-state index contributed by atoms with van der Waals surface area (Å²) >= 11 is 0. The maximum absolute atomic E-state index is 2.58. The molecule has 2 heteroatoms. The summed E-state index contributed by atoms with van der Waals surface area (Å²) in [6.07, 6.45) is 0. The van der Waals surface area contributed by atoms with Gasteiger partial charge in [-0.25, -0.2) is 0 Å². The Hall–Kier alpha value is -9.50. The van der Waals surface area contributed by atoms with Crippen molar-refractivity contribution in [2.75, 3.05) is 0 Å². The molecule has 2 heterocycles. The summed E-state index contributed by atoms with van der Waals surface area (Å²) in [5.41, 5.74) is 17.2. The molecule has 12 aromatic carbocycles. The summed E-state index contributed by atoms with van der Waals surface area (Å²) < 4.78 is 5.10. The number of aromatic nitrogens is 2. The van der Waals surface area contributed by atoms with Gasteiger partial charge in [-0.2, -0.15) is 0 Å². The van der Waals surface area contributed by atoms with E-state index < -0.39 is 0 Å². The summed E-state index contributed by atoms with van der Waals surface area (Å²) in [6.45, 7) is 9.79. The molecule has 16 rings (SSSR count). The van der Waals surface area contributed by atoms with Crippen molar-refractivity contribution in [3.8, 4) is 33.6 Å². The maximum atomic E-state index is 2.58. The van der Waals surface area contributed by atoms with Crippen LogP contribution < -0.4 is 0 Å². The van der Waals surface area contributed by atoms with Gasteiger partial charge >= 0.3 is 0 Å². The second-order valence-electron chi connectivity index (χ2n) is 22.7. The lowest BCUT2D eigenvalue weighted by Crippen LogP contribution is -2.17. The normalized spacial score (nSPS) is 13.8. The van der Waals surface area contributed by atoms with Crippen molar-refractivity contribution in [2.24, 2.45) is 0 Å². The smallest absolute Gasteiger partial charge is 0.0544 e. The standard InChI is InChI=1S/C76H54N2/c1-75(2)65-43-47(77-69-37-19-15-31-57(69)52-27-9-5-23-48(52)49-24-6-10-28-53(49)58-32-16-20-38-70(58)77)41-42-56(65)63-44-67-64(45-66(63)75)74-62-36-14-13-35-61(62)73(46-68(74)76(67,3)4)78-71-39-21-17-33-59(71)54-29-11-7-25-50(54)51-26-8-12-30-55(51)60-34-18-22-40-72(60)78/h5-46H,1-4H3. The highest BCUT2D eigenvalue weighted by atomic mass is 15.0. The largest absolute Gasteiger partial charge is 0.309 e. The Kier molecular flexibility index (Phi) is 9.47. The minimum Gasteiger partial charge on any atom is -0.309 e. The molecule has 0 saturated carbocycles. The third kappa shape index (κ3) is 6.20. The molecule has 0 saturated heterocycles. The van der Waals surface area contributed by atoms with E-state index in [0.717, 1.165) is 27.8 Å². The minimum absolute atomic E-state index is 0.292. The molecule has 0 aliphatic heterocycles. The first-order valence-corrected chi connectivity index (χ1v) is 27.5. The van der Waals surface area contributed by atoms with Gasteiger partial charge in [0.05, 0.1) is 27.8 Å². The molecule has 368 valence electrons. The SMILES string of the molecule is CC1(C)c2cc(-n3c4ccccc4c4ccccc4c4ccccc4c4ccccc43)ccc2-c2cc3c(cc21)-c1c(cc(-n2c4ccccc4c4ccccc4c4ccccc4c4ccccc42)c2ccccc12)C3(C)C. The monoisotopic (exact) mass is 994 g/mol. The molecule has 78 heavy (non-hydrogen) atoms. The van der Waals surface area contributed by atoms with E-state index >= 15 is 0 Å². The Morgan fingerprint density at radius 3 is 0.974 bits per heavy atom. The maximum Gasteiger partial charge on any atom is 0.0544 e. The van der Waals surface area contributed by atoms with Gasteiger partial charge in [0.25, 0.3) is 0 Å². The van der Waals surface area contributed by atoms with Gasteiger partial charge in [0, 0.05) is 43.4 Å². The van der Waals surface area contributed by atoms with Crippen LogP contribution in [0.3, 0.4) is 0 Å². The molecule has 0 unspecified atom stereocenters. The molecule has 2 aromatic heterocycles. The van der Waals surface area contributed by atoms with Gasteiger partial charge in [0.15, 0.2) is 0 Å². The zero-order chi connectivity index (χ0) is 52.0. The van der Waals surface area contributed by atoms with E-state index in [1.54, 1.807) is 0 Å². The highest BCUT2D eigenvalue weighted by Crippen LogP contribution is 2.58. The summed E-state index contributed by atoms with van der Waals surface area (Å²) in [6, 6.07) is 95.9. The van der Waals surface area contributed by atoms with E-state index in [0.29, 0.717) is 0 Å². The Morgan fingerprint density at radius 1 is 0.231 bits per heavy atom. The first-order chi connectivity index (χ1) is 38.3. The first kappa shape index (κ1) is 44.8. The van der Waals surface area contributed by atoms with Crippen LogP contribution in [0.15, 0.2) is 255 Å². The average molecular weight is 995 g/mol. The van der Waals surface area contributed by atoms with Crippen molar-refractivity contribution in [1.82, 2.24) is 9.13 Å². The van der Waals surface area contributed by atoms with Crippen LogP contribution in [-0.4, -0.2) is 9.13 Å². The number of hydrogen-bond donors (Lipinski definition) is 0. The lowest BCUT2D eigenvalue weighted by molar-refractivity contribution is 0.652. The van der Waals surface area contributed by atoms with Crippen LogP contribution in [0.5, 0.6) is 0 Å². The number of nitrogens with zero attached hydrogens (tertiary/aromatic N) is 2. The third-order valence-corrected chi connectivity index (χ3v) is 18.0. The molecule has 0 N–H and O–H groups in total. The molecule has 14 aromatic rings. The Bertz CT molecular complexity index is 4890. The van der Waals surface area contributed by atoms with E-state index in [1.165, 1.54) is 126 Å². The summed E-state index contributed by atoms with van der Waals surface area (Å²) in [7, 11) is 0.